The molecule has 1 atom stereocenters. The summed E-state index contributed by atoms with van der Waals surface area (Å²) < 4.78 is 6.27. The zero-order valence-corrected chi connectivity index (χ0v) is 12.1. The number of nitrogens with one attached hydrogen (secondary N) is 2. The lowest BCUT2D eigenvalue weighted by molar-refractivity contribution is -0.142. The molecule has 0 bridgehead atoms. The summed E-state index contributed by atoms with van der Waals surface area (Å²) in [4.78, 5) is 30.8. The molecule has 0 saturated carbocycles. The van der Waals surface area contributed by atoms with E-state index in [0.29, 0.717) is 11.3 Å². The molecular formula is C13H17N5O3. The Morgan fingerprint density at radius 3 is 2.81 bits per heavy atom. The highest BCUT2D eigenvalue weighted by molar-refractivity contribution is 5.97. The number of hydrogen-bond donors (Lipinski definition) is 2. The maximum atomic E-state index is 12.2. The number of carbonyl (C=O) groups is 2. The number of ether oxygens (including phenoxy) is 1. The monoisotopic (exact) mass is 291 g/mol. The summed E-state index contributed by atoms with van der Waals surface area (Å²) in [7, 11) is 3.01. The quantitative estimate of drug-likeness (QED) is 0.753. The van der Waals surface area contributed by atoms with Gasteiger partial charge in [-0.3, -0.25) is 9.48 Å². The lowest BCUT2D eigenvalue weighted by Crippen LogP contribution is -2.43. The zero-order chi connectivity index (χ0) is 15.4. The Bertz CT molecular complexity index is 632. The number of rotatable bonds is 5. The topological polar surface area (TPSA) is 102 Å². The highest BCUT2D eigenvalue weighted by Crippen LogP contribution is 2.07. The number of aromatic amines is 1. The molecule has 2 heterocycles. The molecular weight excluding hydrogens is 274 g/mol. The third kappa shape index (κ3) is 3.47. The van der Waals surface area contributed by atoms with Crippen molar-refractivity contribution in [1.29, 1.82) is 0 Å². The number of hydrogen-bond acceptors (Lipinski definition) is 5. The van der Waals surface area contributed by atoms with Crippen LogP contribution in [0.15, 0.2) is 18.7 Å². The SMILES string of the molecule is COC(=O)[C@H](Cc1cnc[nH]1)NC(=O)c1cn(C)nc1C. The highest BCUT2D eigenvalue weighted by atomic mass is 16.5. The minimum Gasteiger partial charge on any atom is -0.467 e. The van der Waals surface area contributed by atoms with Crippen LogP contribution in [-0.2, 0) is 23.0 Å². The number of H-pyrrole nitrogens is 1. The molecule has 8 nitrogen and oxygen atoms in total. The Morgan fingerprint density at radius 1 is 1.52 bits per heavy atom. The van der Waals surface area contributed by atoms with Gasteiger partial charge in [0.05, 0.1) is 24.7 Å². The first-order valence-corrected chi connectivity index (χ1v) is 6.37. The summed E-state index contributed by atoms with van der Waals surface area (Å²) in [6.07, 6.45) is 4.99. The van der Waals surface area contributed by atoms with E-state index in [1.807, 2.05) is 0 Å². The molecule has 0 aliphatic carbocycles. The van der Waals surface area contributed by atoms with E-state index in [1.165, 1.54) is 13.4 Å². The van der Waals surface area contributed by atoms with Crippen LogP contribution < -0.4 is 5.32 Å². The fraction of sp³-hybridized carbons (Fsp3) is 0.385. The second kappa shape index (κ2) is 6.21. The first kappa shape index (κ1) is 14.8. The number of carbonyl (C=O) groups excluding carboxylic acids is 2. The molecule has 2 rings (SSSR count). The van der Waals surface area contributed by atoms with Crippen molar-refractivity contribution in [2.24, 2.45) is 7.05 Å². The van der Waals surface area contributed by atoms with Crippen LogP contribution >= 0.6 is 0 Å². The van der Waals surface area contributed by atoms with Gasteiger partial charge in [0.25, 0.3) is 5.91 Å². The summed E-state index contributed by atoms with van der Waals surface area (Å²) in [5.74, 6) is -0.880. The largest absolute Gasteiger partial charge is 0.467 e. The predicted octanol–water partition coefficient (Wildman–Crippen LogP) is -0.0343. The fourth-order valence-electron chi connectivity index (χ4n) is 2.01. The Balaban J connectivity index is 2.13. The lowest BCUT2D eigenvalue weighted by Gasteiger charge is -2.15. The summed E-state index contributed by atoms with van der Waals surface area (Å²) in [5, 5.41) is 6.77. The van der Waals surface area contributed by atoms with E-state index in [-0.39, 0.29) is 12.3 Å². The van der Waals surface area contributed by atoms with Gasteiger partial charge in [0.15, 0.2) is 0 Å². The molecule has 0 spiro atoms. The van der Waals surface area contributed by atoms with Gasteiger partial charge in [-0.1, -0.05) is 0 Å². The maximum absolute atomic E-state index is 12.2. The molecule has 0 aliphatic heterocycles. The average molecular weight is 291 g/mol. The number of amides is 1. The van der Waals surface area contributed by atoms with Gasteiger partial charge in [0.2, 0.25) is 0 Å². The Kier molecular flexibility index (Phi) is 4.36. The van der Waals surface area contributed by atoms with E-state index >= 15 is 0 Å². The minimum absolute atomic E-state index is 0.276. The molecule has 0 radical (unpaired) electrons. The van der Waals surface area contributed by atoms with Crippen molar-refractivity contribution < 1.29 is 14.3 Å². The van der Waals surface area contributed by atoms with Crippen LogP contribution in [0.1, 0.15) is 21.7 Å². The first-order valence-electron chi connectivity index (χ1n) is 6.37. The van der Waals surface area contributed by atoms with Crippen LogP contribution in [0, 0.1) is 6.92 Å². The molecule has 2 aromatic heterocycles. The number of aryl methyl sites for hydroxylation is 2. The molecule has 8 heteroatoms. The molecule has 1 amide bonds. The lowest BCUT2D eigenvalue weighted by atomic mass is 10.1. The van der Waals surface area contributed by atoms with Crippen LogP contribution in [0.5, 0.6) is 0 Å². The second-order valence-electron chi connectivity index (χ2n) is 4.63. The summed E-state index contributed by atoms with van der Waals surface area (Å²) >= 11 is 0. The van der Waals surface area contributed by atoms with Gasteiger partial charge in [-0.2, -0.15) is 5.10 Å². The highest BCUT2D eigenvalue weighted by Gasteiger charge is 2.24. The Labute approximate surface area is 121 Å². The van der Waals surface area contributed by atoms with Crippen molar-refractivity contribution >= 4 is 11.9 Å². The number of aromatic nitrogens is 4. The van der Waals surface area contributed by atoms with E-state index < -0.39 is 12.0 Å². The molecule has 112 valence electrons. The van der Waals surface area contributed by atoms with Crippen LogP contribution in [0.4, 0.5) is 0 Å². The zero-order valence-electron chi connectivity index (χ0n) is 12.1. The third-order valence-electron chi connectivity index (χ3n) is 3.03. The van der Waals surface area contributed by atoms with Crippen molar-refractivity contribution in [1.82, 2.24) is 25.1 Å². The van der Waals surface area contributed by atoms with Crippen molar-refractivity contribution in [3.8, 4) is 0 Å². The summed E-state index contributed by atoms with van der Waals surface area (Å²) in [6.45, 7) is 1.73. The first-order chi connectivity index (χ1) is 10.0. The van der Waals surface area contributed by atoms with Crippen LogP contribution in [0.25, 0.3) is 0 Å². The molecule has 2 N–H and O–H groups in total. The van der Waals surface area contributed by atoms with Crippen molar-refractivity contribution in [3.05, 3.63) is 35.7 Å². The normalized spacial score (nSPS) is 12.0. The number of nitrogens with zero attached hydrogens (tertiary/aromatic N) is 3. The number of imidazole rings is 1. The van der Waals surface area contributed by atoms with Gasteiger partial charge in [0.1, 0.15) is 6.04 Å². The molecule has 0 aromatic carbocycles. The fourth-order valence-corrected chi connectivity index (χ4v) is 2.01. The number of esters is 1. The van der Waals surface area contributed by atoms with Gasteiger partial charge in [-0.15, -0.1) is 0 Å². The Morgan fingerprint density at radius 2 is 2.29 bits per heavy atom. The molecule has 0 aliphatic rings. The van der Waals surface area contributed by atoms with Gasteiger partial charge in [-0.25, -0.2) is 9.78 Å². The van der Waals surface area contributed by atoms with Crippen LogP contribution in [-0.4, -0.2) is 44.8 Å². The molecule has 0 fully saturated rings. The summed E-state index contributed by atoms with van der Waals surface area (Å²) in [6, 6.07) is -0.789. The third-order valence-corrected chi connectivity index (χ3v) is 3.03. The van der Waals surface area contributed by atoms with E-state index in [2.05, 4.69) is 20.4 Å². The van der Waals surface area contributed by atoms with E-state index in [4.69, 9.17) is 4.74 Å². The standard InChI is InChI=1S/C13H17N5O3/c1-8-10(6-18(2)17-8)12(19)16-11(13(20)21-3)4-9-5-14-7-15-9/h5-7,11H,4H2,1-3H3,(H,14,15)(H,16,19)/t11-/m0/s1. The molecule has 2 aromatic rings. The Hall–Kier alpha value is -2.64. The van der Waals surface area contributed by atoms with Gasteiger partial charge >= 0.3 is 5.97 Å². The average Bonchev–Trinajstić information content (AvgIpc) is 3.06. The predicted molar refractivity (Wildman–Crippen MR) is 73.5 cm³/mol. The number of methoxy groups -OCH3 is 1. The van der Waals surface area contributed by atoms with Crippen LogP contribution in [0.2, 0.25) is 0 Å². The molecule has 0 saturated heterocycles. The summed E-state index contributed by atoms with van der Waals surface area (Å²) in [5.41, 5.74) is 1.75. The van der Waals surface area contributed by atoms with Crippen molar-refractivity contribution in [2.75, 3.05) is 7.11 Å². The van der Waals surface area contributed by atoms with Crippen molar-refractivity contribution in [2.45, 2.75) is 19.4 Å². The second-order valence-corrected chi connectivity index (χ2v) is 4.63. The van der Waals surface area contributed by atoms with E-state index in [9.17, 15) is 9.59 Å². The molecule has 21 heavy (non-hydrogen) atoms. The van der Waals surface area contributed by atoms with Gasteiger partial charge in [-0.05, 0) is 6.92 Å². The van der Waals surface area contributed by atoms with Crippen molar-refractivity contribution in [3.63, 3.8) is 0 Å². The van der Waals surface area contributed by atoms with Gasteiger partial charge in [0, 0.05) is 31.6 Å². The minimum atomic E-state index is -0.789. The van der Waals surface area contributed by atoms with E-state index in [0.717, 1.165) is 5.69 Å². The van der Waals surface area contributed by atoms with Crippen LogP contribution in [0.3, 0.4) is 0 Å². The maximum Gasteiger partial charge on any atom is 0.328 e. The van der Waals surface area contributed by atoms with Gasteiger partial charge < -0.3 is 15.0 Å². The smallest absolute Gasteiger partial charge is 0.328 e. The van der Waals surface area contributed by atoms with E-state index in [1.54, 1.807) is 31.0 Å². The molecule has 0 unspecified atom stereocenters.